The fourth-order valence-corrected chi connectivity index (χ4v) is 1.92. The number of rotatable bonds is 5. The molecule has 1 rings (SSSR count). The van der Waals surface area contributed by atoms with Crippen LogP contribution in [0.1, 0.15) is 6.92 Å². The molecule has 1 fully saturated rings. The van der Waals surface area contributed by atoms with Crippen LogP contribution < -0.4 is 5.73 Å². The van der Waals surface area contributed by atoms with Crippen LogP contribution in [-0.2, 0) is 23.9 Å². The lowest BCUT2D eigenvalue weighted by molar-refractivity contribution is -0.152. The topological polar surface area (TPSA) is 102 Å². The number of esters is 1. The van der Waals surface area contributed by atoms with Crippen LogP contribution in [0.5, 0.6) is 0 Å². The van der Waals surface area contributed by atoms with Gasteiger partial charge in [0.15, 0.2) is 6.04 Å². The highest BCUT2D eigenvalue weighted by Crippen LogP contribution is 2.05. The van der Waals surface area contributed by atoms with Crippen LogP contribution in [0.2, 0.25) is 0 Å². The van der Waals surface area contributed by atoms with Crippen LogP contribution in [0.3, 0.4) is 0 Å². The summed E-state index contributed by atoms with van der Waals surface area (Å²) in [5.41, 5.74) is 5.55. The van der Waals surface area contributed by atoms with Crippen LogP contribution in [0.4, 0.5) is 0 Å². The Labute approximate surface area is 117 Å². The average molecular weight is 287 g/mol. The van der Waals surface area contributed by atoms with E-state index in [1.807, 2.05) is 0 Å². The summed E-state index contributed by atoms with van der Waals surface area (Å²) in [6.07, 6.45) is 0. The SMILES string of the molecule is CCOC(=O)C(N)C(=O)N1CCN(C(=O)COC)CC1. The third kappa shape index (κ3) is 4.17. The summed E-state index contributed by atoms with van der Waals surface area (Å²) in [6.45, 7) is 3.36. The normalized spacial score (nSPS) is 16.8. The van der Waals surface area contributed by atoms with Crippen molar-refractivity contribution in [1.82, 2.24) is 9.80 Å². The van der Waals surface area contributed by atoms with Crippen LogP contribution in [0.25, 0.3) is 0 Å². The number of piperazine rings is 1. The molecule has 114 valence electrons. The van der Waals surface area contributed by atoms with Gasteiger partial charge in [-0.25, -0.2) is 4.79 Å². The molecule has 0 aromatic rings. The van der Waals surface area contributed by atoms with Gasteiger partial charge >= 0.3 is 5.97 Å². The van der Waals surface area contributed by atoms with E-state index in [-0.39, 0.29) is 19.1 Å². The first kappa shape index (κ1) is 16.4. The number of nitrogens with two attached hydrogens (primary N) is 1. The number of hydrogen-bond donors (Lipinski definition) is 1. The maximum absolute atomic E-state index is 12.0. The summed E-state index contributed by atoms with van der Waals surface area (Å²) in [7, 11) is 1.45. The summed E-state index contributed by atoms with van der Waals surface area (Å²) in [5.74, 6) is -1.31. The van der Waals surface area contributed by atoms with Gasteiger partial charge in [0.1, 0.15) is 6.61 Å². The number of amides is 2. The molecule has 0 radical (unpaired) electrons. The summed E-state index contributed by atoms with van der Waals surface area (Å²) in [6, 6.07) is -1.30. The van der Waals surface area contributed by atoms with E-state index in [2.05, 4.69) is 0 Å². The summed E-state index contributed by atoms with van der Waals surface area (Å²) >= 11 is 0. The molecule has 2 N–H and O–H groups in total. The zero-order valence-corrected chi connectivity index (χ0v) is 11.8. The standard InChI is InChI=1S/C12H21N3O5/c1-3-20-12(18)10(13)11(17)15-6-4-14(5-7-15)9(16)8-19-2/h10H,3-8,13H2,1-2H3. The van der Waals surface area contributed by atoms with Crippen LogP contribution in [0.15, 0.2) is 0 Å². The Balaban J connectivity index is 2.46. The molecule has 8 nitrogen and oxygen atoms in total. The highest BCUT2D eigenvalue weighted by molar-refractivity contribution is 6.01. The molecule has 0 aromatic heterocycles. The molecule has 0 saturated carbocycles. The zero-order valence-electron chi connectivity index (χ0n) is 11.8. The largest absolute Gasteiger partial charge is 0.464 e. The van der Waals surface area contributed by atoms with Crippen LogP contribution in [-0.4, -0.2) is 80.1 Å². The van der Waals surface area contributed by atoms with Crippen molar-refractivity contribution < 1.29 is 23.9 Å². The van der Waals surface area contributed by atoms with Crippen LogP contribution in [0, 0.1) is 0 Å². The fourth-order valence-electron chi connectivity index (χ4n) is 1.92. The minimum atomic E-state index is -1.30. The third-order valence-corrected chi connectivity index (χ3v) is 3.02. The van der Waals surface area contributed by atoms with Gasteiger partial charge in [-0.05, 0) is 6.92 Å². The molecular weight excluding hydrogens is 266 g/mol. The third-order valence-electron chi connectivity index (χ3n) is 3.02. The van der Waals surface area contributed by atoms with Gasteiger partial charge in [-0.3, -0.25) is 9.59 Å². The van der Waals surface area contributed by atoms with Gasteiger partial charge in [-0.15, -0.1) is 0 Å². The first-order valence-corrected chi connectivity index (χ1v) is 6.49. The highest BCUT2D eigenvalue weighted by atomic mass is 16.5. The highest BCUT2D eigenvalue weighted by Gasteiger charge is 2.31. The van der Waals surface area contributed by atoms with Gasteiger partial charge in [0.2, 0.25) is 5.91 Å². The molecule has 0 spiro atoms. The Morgan fingerprint density at radius 1 is 1.15 bits per heavy atom. The van der Waals surface area contributed by atoms with Crippen molar-refractivity contribution in [1.29, 1.82) is 0 Å². The Morgan fingerprint density at radius 2 is 1.70 bits per heavy atom. The Morgan fingerprint density at radius 3 is 2.20 bits per heavy atom. The number of hydrogen-bond acceptors (Lipinski definition) is 6. The molecule has 20 heavy (non-hydrogen) atoms. The fraction of sp³-hybridized carbons (Fsp3) is 0.750. The van der Waals surface area contributed by atoms with E-state index >= 15 is 0 Å². The van der Waals surface area contributed by atoms with Crippen molar-refractivity contribution in [3.63, 3.8) is 0 Å². The minimum Gasteiger partial charge on any atom is -0.464 e. The second kappa shape index (κ2) is 7.81. The molecule has 1 saturated heterocycles. The van der Waals surface area contributed by atoms with E-state index in [1.165, 1.54) is 12.0 Å². The second-order valence-corrected chi connectivity index (χ2v) is 4.37. The van der Waals surface area contributed by atoms with Gasteiger partial charge in [-0.2, -0.15) is 0 Å². The molecule has 2 amide bonds. The van der Waals surface area contributed by atoms with E-state index in [0.29, 0.717) is 26.2 Å². The zero-order chi connectivity index (χ0) is 15.1. The summed E-state index contributed by atoms with van der Waals surface area (Å²) < 4.78 is 9.49. The summed E-state index contributed by atoms with van der Waals surface area (Å²) in [5, 5.41) is 0. The van der Waals surface area contributed by atoms with Crippen molar-refractivity contribution in [3.8, 4) is 0 Å². The lowest BCUT2D eigenvalue weighted by Crippen LogP contribution is -2.56. The second-order valence-electron chi connectivity index (χ2n) is 4.37. The maximum atomic E-state index is 12.0. The average Bonchev–Trinajstić information content (AvgIpc) is 2.46. The molecule has 1 aliphatic rings. The van der Waals surface area contributed by atoms with Crippen molar-refractivity contribution in [3.05, 3.63) is 0 Å². The van der Waals surface area contributed by atoms with Crippen molar-refractivity contribution >= 4 is 17.8 Å². The van der Waals surface area contributed by atoms with E-state index in [0.717, 1.165) is 0 Å². The molecule has 1 atom stereocenters. The van der Waals surface area contributed by atoms with Crippen molar-refractivity contribution in [2.45, 2.75) is 13.0 Å². The van der Waals surface area contributed by atoms with Crippen LogP contribution >= 0.6 is 0 Å². The number of carbonyl (C=O) groups is 3. The number of ether oxygens (including phenoxy) is 2. The first-order chi connectivity index (χ1) is 9.51. The maximum Gasteiger partial charge on any atom is 0.332 e. The minimum absolute atomic E-state index is 0.0241. The van der Waals surface area contributed by atoms with E-state index in [9.17, 15) is 14.4 Å². The van der Waals surface area contributed by atoms with E-state index in [1.54, 1.807) is 11.8 Å². The molecular formula is C12H21N3O5. The molecule has 1 aliphatic heterocycles. The molecule has 0 aliphatic carbocycles. The molecule has 1 unspecified atom stereocenters. The smallest absolute Gasteiger partial charge is 0.332 e. The molecule has 8 heteroatoms. The monoisotopic (exact) mass is 287 g/mol. The molecule has 0 bridgehead atoms. The molecule has 0 aromatic carbocycles. The first-order valence-electron chi connectivity index (χ1n) is 6.49. The Bertz CT molecular complexity index is 366. The van der Waals surface area contributed by atoms with Gasteiger partial charge in [-0.1, -0.05) is 0 Å². The van der Waals surface area contributed by atoms with Crippen molar-refractivity contribution in [2.24, 2.45) is 5.73 Å². The lowest BCUT2D eigenvalue weighted by atomic mass is 10.2. The summed E-state index contributed by atoms with van der Waals surface area (Å²) in [4.78, 5) is 38.1. The quantitative estimate of drug-likeness (QED) is 0.472. The van der Waals surface area contributed by atoms with Gasteiger partial charge in [0, 0.05) is 33.3 Å². The predicted octanol–water partition coefficient (Wildman–Crippen LogP) is -1.81. The number of methoxy groups -OCH3 is 1. The number of carbonyl (C=O) groups excluding carboxylic acids is 3. The van der Waals surface area contributed by atoms with E-state index in [4.69, 9.17) is 15.2 Å². The van der Waals surface area contributed by atoms with Crippen molar-refractivity contribution in [2.75, 3.05) is 46.5 Å². The predicted molar refractivity (Wildman–Crippen MR) is 69.6 cm³/mol. The van der Waals surface area contributed by atoms with Gasteiger partial charge in [0.05, 0.1) is 6.61 Å². The van der Waals surface area contributed by atoms with Gasteiger partial charge in [0.25, 0.3) is 5.91 Å². The van der Waals surface area contributed by atoms with E-state index < -0.39 is 17.9 Å². The lowest BCUT2D eigenvalue weighted by Gasteiger charge is -2.35. The van der Waals surface area contributed by atoms with Gasteiger partial charge < -0.3 is 25.0 Å². The Hall–Kier alpha value is -1.67. The molecule has 1 heterocycles. The Kier molecular flexibility index (Phi) is 6.40. The number of nitrogens with zero attached hydrogens (tertiary/aromatic N) is 2.